The van der Waals surface area contributed by atoms with E-state index in [1.165, 1.54) is 0 Å². The number of hydrogen-bond acceptors (Lipinski definition) is 5. The first-order valence-electron chi connectivity index (χ1n) is 5.83. The van der Waals surface area contributed by atoms with Gasteiger partial charge in [-0.3, -0.25) is 0 Å². The first-order valence-corrected chi connectivity index (χ1v) is 6.91. The Bertz CT molecular complexity index is 393. The lowest BCUT2D eigenvalue weighted by Gasteiger charge is -2.27. The van der Waals surface area contributed by atoms with Crippen molar-refractivity contribution in [3.63, 3.8) is 0 Å². The third kappa shape index (κ3) is 2.98. The Morgan fingerprint density at radius 2 is 2.06 bits per heavy atom. The zero-order valence-corrected chi connectivity index (χ0v) is 12.3. The van der Waals surface area contributed by atoms with Crippen LogP contribution >= 0.6 is 22.6 Å². The second-order valence-corrected chi connectivity index (χ2v) is 4.98. The maximum Gasteiger partial charge on any atom is 0.227 e. The highest BCUT2D eigenvalue weighted by atomic mass is 127. The van der Waals surface area contributed by atoms with Crippen LogP contribution in [0.5, 0.6) is 0 Å². The van der Waals surface area contributed by atoms with Crippen LogP contribution in [0.1, 0.15) is 12.6 Å². The molecule has 2 rings (SSSR count). The zero-order valence-electron chi connectivity index (χ0n) is 10.2. The van der Waals surface area contributed by atoms with Gasteiger partial charge in [-0.05, 0) is 36.4 Å². The predicted molar refractivity (Wildman–Crippen MR) is 76.7 cm³/mol. The highest BCUT2D eigenvalue weighted by Gasteiger charge is 2.16. The van der Waals surface area contributed by atoms with Gasteiger partial charge in [0.15, 0.2) is 0 Å². The van der Waals surface area contributed by atoms with Crippen molar-refractivity contribution in [2.24, 2.45) is 0 Å². The molecule has 6 heteroatoms. The van der Waals surface area contributed by atoms with Crippen LogP contribution in [-0.2, 0) is 4.74 Å². The van der Waals surface area contributed by atoms with Gasteiger partial charge in [-0.15, -0.1) is 0 Å². The van der Waals surface area contributed by atoms with Crippen LogP contribution < -0.4 is 10.2 Å². The average Bonchev–Trinajstić information content (AvgIpc) is 2.36. The summed E-state index contributed by atoms with van der Waals surface area (Å²) in [7, 11) is 0. The molecule has 1 aliphatic heterocycles. The highest BCUT2D eigenvalue weighted by Crippen LogP contribution is 2.22. The lowest BCUT2D eigenvalue weighted by Crippen LogP contribution is -2.37. The van der Waals surface area contributed by atoms with E-state index in [1.807, 2.05) is 6.92 Å². The zero-order chi connectivity index (χ0) is 12.3. The van der Waals surface area contributed by atoms with Crippen LogP contribution in [0.4, 0.5) is 11.8 Å². The van der Waals surface area contributed by atoms with E-state index in [0.717, 1.165) is 53.9 Å². The van der Waals surface area contributed by atoms with Crippen molar-refractivity contribution in [1.82, 2.24) is 9.97 Å². The highest BCUT2D eigenvalue weighted by molar-refractivity contribution is 14.1. The minimum Gasteiger partial charge on any atom is -0.378 e. The van der Waals surface area contributed by atoms with Gasteiger partial charge in [0.1, 0.15) is 5.82 Å². The lowest BCUT2D eigenvalue weighted by atomic mass is 10.4. The Hall–Kier alpha value is -0.630. The third-order valence-corrected chi connectivity index (χ3v) is 3.93. The number of rotatable bonds is 3. The summed E-state index contributed by atoms with van der Waals surface area (Å²) in [4.78, 5) is 11.3. The molecular weight excluding hydrogens is 331 g/mol. The molecule has 0 unspecified atom stereocenters. The number of aromatic nitrogens is 2. The van der Waals surface area contributed by atoms with E-state index >= 15 is 0 Å². The van der Waals surface area contributed by atoms with Crippen molar-refractivity contribution in [2.75, 3.05) is 43.1 Å². The molecule has 2 heterocycles. The van der Waals surface area contributed by atoms with Crippen LogP contribution in [0, 0.1) is 10.5 Å². The second-order valence-electron chi connectivity index (χ2n) is 3.90. The molecule has 0 amide bonds. The van der Waals surface area contributed by atoms with Crippen LogP contribution in [0.15, 0.2) is 0 Å². The number of nitrogens with one attached hydrogen (secondary N) is 1. The van der Waals surface area contributed by atoms with Gasteiger partial charge in [0.05, 0.1) is 22.5 Å². The molecule has 94 valence electrons. The smallest absolute Gasteiger partial charge is 0.227 e. The minimum atomic E-state index is 0.755. The van der Waals surface area contributed by atoms with Gasteiger partial charge in [0, 0.05) is 19.6 Å². The Labute approximate surface area is 115 Å². The molecule has 0 bridgehead atoms. The van der Waals surface area contributed by atoms with E-state index in [2.05, 4.69) is 49.7 Å². The summed E-state index contributed by atoms with van der Waals surface area (Å²) in [6, 6.07) is 0. The number of nitrogens with zero attached hydrogens (tertiary/aromatic N) is 3. The van der Waals surface area contributed by atoms with Crippen molar-refractivity contribution in [3.05, 3.63) is 9.26 Å². The quantitative estimate of drug-likeness (QED) is 0.842. The van der Waals surface area contributed by atoms with Crippen molar-refractivity contribution in [3.8, 4) is 0 Å². The fourth-order valence-electron chi connectivity index (χ4n) is 1.73. The van der Waals surface area contributed by atoms with Gasteiger partial charge >= 0.3 is 0 Å². The maximum atomic E-state index is 5.34. The van der Waals surface area contributed by atoms with Crippen molar-refractivity contribution in [1.29, 1.82) is 0 Å². The Balaban J connectivity index is 2.27. The van der Waals surface area contributed by atoms with Gasteiger partial charge in [-0.2, -0.15) is 4.98 Å². The van der Waals surface area contributed by atoms with Crippen LogP contribution in [0.3, 0.4) is 0 Å². The molecule has 1 fully saturated rings. The molecule has 1 aromatic rings. The monoisotopic (exact) mass is 348 g/mol. The fraction of sp³-hybridized carbons (Fsp3) is 0.636. The van der Waals surface area contributed by atoms with E-state index in [-0.39, 0.29) is 0 Å². The molecule has 0 saturated carbocycles. The molecule has 1 aromatic heterocycles. The molecular formula is C11H17IN4O. The summed E-state index contributed by atoms with van der Waals surface area (Å²) in [5.41, 5.74) is 1.03. The van der Waals surface area contributed by atoms with E-state index in [1.54, 1.807) is 0 Å². The number of anilines is 2. The number of ether oxygens (including phenoxy) is 1. The van der Waals surface area contributed by atoms with E-state index in [4.69, 9.17) is 4.74 Å². The summed E-state index contributed by atoms with van der Waals surface area (Å²) in [5, 5.41) is 3.28. The van der Waals surface area contributed by atoms with E-state index < -0.39 is 0 Å². The number of halogens is 1. The normalized spacial score (nSPS) is 16.1. The van der Waals surface area contributed by atoms with Crippen molar-refractivity contribution in [2.45, 2.75) is 13.8 Å². The molecule has 17 heavy (non-hydrogen) atoms. The van der Waals surface area contributed by atoms with Gasteiger partial charge in [0.2, 0.25) is 5.95 Å². The first kappa shape index (κ1) is 12.8. The summed E-state index contributed by atoms with van der Waals surface area (Å²) < 4.78 is 6.44. The number of morpholine rings is 1. The van der Waals surface area contributed by atoms with Gasteiger partial charge < -0.3 is 15.0 Å². The standard InChI is InChI=1S/C11H17IN4O/c1-3-13-10-9(12)8(2)14-11(15-10)16-4-6-17-7-5-16/h3-7H2,1-2H3,(H,13,14,15). The molecule has 0 atom stereocenters. The minimum absolute atomic E-state index is 0.755. The van der Waals surface area contributed by atoms with Gasteiger partial charge in [-0.25, -0.2) is 4.98 Å². The molecule has 0 aromatic carbocycles. The van der Waals surface area contributed by atoms with Crippen LogP contribution in [0.2, 0.25) is 0 Å². The van der Waals surface area contributed by atoms with Crippen molar-refractivity contribution < 1.29 is 4.74 Å². The molecule has 0 aliphatic carbocycles. The topological polar surface area (TPSA) is 50.3 Å². The SMILES string of the molecule is CCNc1nc(N2CCOCC2)nc(C)c1I. The molecule has 0 radical (unpaired) electrons. The van der Waals surface area contributed by atoms with Gasteiger partial charge in [-0.1, -0.05) is 0 Å². The molecule has 5 nitrogen and oxygen atoms in total. The second kappa shape index (κ2) is 5.81. The molecule has 1 N–H and O–H groups in total. The number of hydrogen-bond donors (Lipinski definition) is 1. The molecule has 1 saturated heterocycles. The lowest BCUT2D eigenvalue weighted by molar-refractivity contribution is 0.122. The van der Waals surface area contributed by atoms with Gasteiger partial charge in [0.25, 0.3) is 0 Å². The summed E-state index contributed by atoms with van der Waals surface area (Å²) in [6.45, 7) is 8.21. The van der Waals surface area contributed by atoms with Crippen molar-refractivity contribution >= 4 is 34.4 Å². The largest absolute Gasteiger partial charge is 0.378 e. The summed E-state index contributed by atoms with van der Waals surface area (Å²) in [6.07, 6.45) is 0. The fourth-order valence-corrected chi connectivity index (χ4v) is 2.17. The Morgan fingerprint density at radius 3 is 2.71 bits per heavy atom. The summed E-state index contributed by atoms with van der Waals surface area (Å²) in [5.74, 6) is 1.74. The Kier molecular flexibility index (Phi) is 4.38. The average molecular weight is 348 g/mol. The van der Waals surface area contributed by atoms with E-state index in [0.29, 0.717) is 0 Å². The van der Waals surface area contributed by atoms with Crippen LogP contribution in [0.25, 0.3) is 0 Å². The number of aryl methyl sites for hydroxylation is 1. The van der Waals surface area contributed by atoms with Crippen LogP contribution in [-0.4, -0.2) is 42.8 Å². The Morgan fingerprint density at radius 1 is 1.35 bits per heavy atom. The first-order chi connectivity index (χ1) is 8.22. The maximum absolute atomic E-state index is 5.34. The summed E-state index contributed by atoms with van der Waals surface area (Å²) >= 11 is 2.29. The molecule has 1 aliphatic rings. The molecule has 0 spiro atoms. The third-order valence-electron chi connectivity index (χ3n) is 2.64. The van der Waals surface area contributed by atoms with E-state index in [9.17, 15) is 0 Å². The predicted octanol–water partition coefficient (Wildman–Crippen LogP) is 1.66.